The van der Waals surface area contributed by atoms with Gasteiger partial charge in [0.1, 0.15) is 0 Å². The molecule has 6 heteroatoms. The second kappa shape index (κ2) is 5.03. The lowest BCUT2D eigenvalue weighted by molar-refractivity contribution is 0.508. The van der Waals surface area contributed by atoms with Crippen LogP contribution in [0, 0.1) is 0 Å². The van der Waals surface area contributed by atoms with E-state index < -0.39 is 11.3 Å². The molecule has 1 saturated heterocycles. The number of nitrogens with one attached hydrogen (secondary N) is 2. The van der Waals surface area contributed by atoms with Crippen LogP contribution in [0.25, 0.3) is 0 Å². The molecule has 0 aromatic carbocycles. The summed E-state index contributed by atoms with van der Waals surface area (Å²) in [5.41, 5.74) is 0. The monoisotopic (exact) mass is 185 g/mol. The normalized spacial score (nSPS) is 27.5. The lowest BCUT2D eigenvalue weighted by Crippen LogP contribution is -2.32. The van der Waals surface area contributed by atoms with Crippen LogP contribution in [0.3, 0.4) is 0 Å². The molecule has 0 aliphatic carbocycles. The van der Waals surface area contributed by atoms with Gasteiger partial charge in [-0.2, -0.15) is 0 Å². The van der Waals surface area contributed by atoms with E-state index in [9.17, 15) is 8.76 Å². The van der Waals surface area contributed by atoms with Crippen LogP contribution in [0.2, 0.25) is 0 Å². The molecule has 2 atom stereocenters. The summed E-state index contributed by atoms with van der Waals surface area (Å²) in [5.74, 6) is 0. The Balaban J connectivity index is 0.000000810. The molecule has 2 unspecified atom stereocenters. The van der Waals surface area contributed by atoms with Crippen molar-refractivity contribution >= 4 is 23.7 Å². The molecule has 0 spiro atoms. The van der Waals surface area contributed by atoms with E-state index in [0.717, 1.165) is 19.5 Å². The average molecular weight is 186 g/mol. The molecule has 10 heavy (non-hydrogen) atoms. The fourth-order valence-electron chi connectivity index (χ4n) is 0.891. The third-order valence-electron chi connectivity index (χ3n) is 1.32. The van der Waals surface area contributed by atoms with Gasteiger partial charge in [-0.25, -0.2) is 4.72 Å². The molecule has 4 nitrogen and oxygen atoms in total. The van der Waals surface area contributed by atoms with E-state index in [0.29, 0.717) is 0 Å². The van der Waals surface area contributed by atoms with E-state index in [-0.39, 0.29) is 18.4 Å². The predicted octanol–water partition coefficient (Wildman–Crippen LogP) is -0.846. The van der Waals surface area contributed by atoms with Crippen molar-refractivity contribution in [3.05, 3.63) is 0 Å². The first-order valence-corrected chi connectivity index (χ1v) is 3.92. The van der Waals surface area contributed by atoms with Gasteiger partial charge in [0.25, 0.3) is 0 Å². The fraction of sp³-hybridized carbons (Fsp3) is 1.00. The summed E-state index contributed by atoms with van der Waals surface area (Å²) in [7, 11) is 0. The van der Waals surface area contributed by atoms with Crippen LogP contribution < -0.4 is 10.0 Å². The van der Waals surface area contributed by atoms with E-state index in [1.807, 2.05) is 0 Å². The first-order valence-electron chi connectivity index (χ1n) is 2.85. The van der Waals surface area contributed by atoms with Gasteiger partial charge in [-0.1, -0.05) is 0 Å². The second-order valence-electron chi connectivity index (χ2n) is 2.04. The Morgan fingerprint density at radius 3 is 2.80 bits per heavy atom. The van der Waals surface area contributed by atoms with Crippen molar-refractivity contribution in [2.45, 2.75) is 12.5 Å². The predicted molar refractivity (Wildman–Crippen MR) is 40.6 cm³/mol. The Labute approximate surface area is 68.6 Å². The van der Waals surface area contributed by atoms with E-state index in [1.165, 1.54) is 0 Å². The molecule has 0 aromatic rings. The fourth-order valence-corrected chi connectivity index (χ4v) is 1.36. The molecule has 1 aliphatic rings. The summed E-state index contributed by atoms with van der Waals surface area (Å²) in [6.07, 6.45) is 0.897. The largest absolute Gasteiger partial charge is 0.760 e. The molecule has 1 heterocycles. The van der Waals surface area contributed by atoms with Crippen LogP contribution >= 0.6 is 12.4 Å². The minimum absolute atomic E-state index is 0. The minimum atomic E-state index is -2.10. The molecule has 0 radical (unpaired) electrons. The Bertz CT molecular complexity index is 118. The quantitative estimate of drug-likeness (QED) is 0.552. The van der Waals surface area contributed by atoms with Crippen LogP contribution in [0.4, 0.5) is 0 Å². The van der Waals surface area contributed by atoms with Crippen LogP contribution in [0.15, 0.2) is 0 Å². The maximum atomic E-state index is 10.0. The van der Waals surface area contributed by atoms with E-state index in [2.05, 4.69) is 10.0 Å². The molecular weight excluding hydrogens is 176 g/mol. The third kappa shape index (κ3) is 3.48. The molecule has 0 amide bonds. The lowest BCUT2D eigenvalue weighted by atomic mass is 10.3. The van der Waals surface area contributed by atoms with Gasteiger partial charge in [-0.05, 0) is 13.0 Å². The van der Waals surface area contributed by atoms with E-state index >= 15 is 0 Å². The summed E-state index contributed by atoms with van der Waals surface area (Å²) < 4.78 is 22.4. The highest BCUT2D eigenvalue weighted by atomic mass is 35.5. The summed E-state index contributed by atoms with van der Waals surface area (Å²) >= 11 is -2.10. The smallest absolute Gasteiger partial charge is 0.0321 e. The first kappa shape index (κ1) is 10.3. The highest BCUT2D eigenvalue weighted by Gasteiger charge is 2.12. The summed E-state index contributed by atoms with van der Waals surface area (Å²) in [4.78, 5) is 0. The second-order valence-corrected chi connectivity index (χ2v) is 2.75. The van der Waals surface area contributed by atoms with Crippen molar-refractivity contribution in [2.24, 2.45) is 0 Å². The zero-order valence-electron chi connectivity index (χ0n) is 5.33. The molecule has 2 N–H and O–H groups in total. The molecular formula is C4H10ClN2O2S-. The Morgan fingerprint density at radius 1 is 1.70 bits per heavy atom. The zero-order valence-corrected chi connectivity index (χ0v) is 6.96. The summed E-state index contributed by atoms with van der Waals surface area (Å²) in [5, 5.41) is 3.04. The summed E-state index contributed by atoms with van der Waals surface area (Å²) in [6, 6.07) is 0.114. The minimum Gasteiger partial charge on any atom is -0.760 e. The van der Waals surface area contributed by atoms with Gasteiger partial charge in [-0.3, -0.25) is 4.21 Å². The molecule has 0 bridgehead atoms. The Hall–Kier alpha value is 0.320. The highest BCUT2D eigenvalue weighted by molar-refractivity contribution is 7.77. The first-order chi connectivity index (χ1) is 4.29. The lowest BCUT2D eigenvalue weighted by Gasteiger charge is -2.11. The van der Waals surface area contributed by atoms with Gasteiger partial charge >= 0.3 is 0 Å². The van der Waals surface area contributed by atoms with E-state index in [1.54, 1.807) is 0 Å². The Morgan fingerprint density at radius 2 is 2.40 bits per heavy atom. The van der Waals surface area contributed by atoms with Crippen LogP contribution in [0.5, 0.6) is 0 Å². The number of hydrogen-bond acceptors (Lipinski definition) is 3. The maximum Gasteiger partial charge on any atom is 0.0321 e. The molecule has 62 valence electrons. The third-order valence-corrected chi connectivity index (χ3v) is 1.85. The van der Waals surface area contributed by atoms with Crippen LogP contribution in [-0.2, 0) is 11.3 Å². The van der Waals surface area contributed by atoms with E-state index in [4.69, 9.17) is 0 Å². The summed E-state index contributed by atoms with van der Waals surface area (Å²) in [6.45, 7) is 1.67. The van der Waals surface area contributed by atoms with Crippen molar-refractivity contribution in [1.82, 2.24) is 10.0 Å². The van der Waals surface area contributed by atoms with Gasteiger partial charge in [-0.15, -0.1) is 12.4 Å². The van der Waals surface area contributed by atoms with Gasteiger partial charge in [0, 0.05) is 23.9 Å². The molecule has 1 aliphatic heterocycles. The number of halogens is 1. The zero-order chi connectivity index (χ0) is 6.69. The van der Waals surface area contributed by atoms with Crippen LogP contribution in [0.1, 0.15) is 6.42 Å². The SMILES string of the molecule is Cl.O=S([O-])NC1CCNC1. The topological polar surface area (TPSA) is 64.2 Å². The van der Waals surface area contributed by atoms with Crippen molar-refractivity contribution in [3.63, 3.8) is 0 Å². The standard InChI is InChI=1S/C4H10N2O2S.ClH/c7-9(8)6-4-1-2-5-3-4;/h4-6H,1-3H2,(H,7,8);1H/p-1. The average Bonchev–Trinajstić information content (AvgIpc) is 2.15. The van der Waals surface area contributed by atoms with Gasteiger partial charge in [0.05, 0.1) is 0 Å². The van der Waals surface area contributed by atoms with Crippen molar-refractivity contribution in [1.29, 1.82) is 0 Å². The van der Waals surface area contributed by atoms with Crippen molar-refractivity contribution in [3.8, 4) is 0 Å². The van der Waals surface area contributed by atoms with Gasteiger partial charge < -0.3 is 9.87 Å². The maximum absolute atomic E-state index is 10.0. The van der Waals surface area contributed by atoms with Crippen molar-refractivity contribution < 1.29 is 8.76 Å². The molecule has 0 saturated carbocycles. The number of hydrogen-bond donors (Lipinski definition) is 2. The van der Waals surface area contributed by atoms with Gasteiger partial charge in [0.2, 0.25) is 0 Å². The van der Waals surface area contributed by atoms with Gasteiger partial charge in [0.15, 0.2) is 0 Å². The van der Waals surface area contributed by atoms with Crippen molar-refractivity contribution in [2.75, 3.05) is 13.1 Å². The Kier molecular flexibility index (Phi) is 5.20. The molecule has 1 rings (SSSR count). The van der Waals surface area contributed by atoms with Crippen LogP contribution in [-0.4, -0.2) is 27.9 Å². The number of rotatable bonds is 2. The highest BCUT2D eigenvalue weighted by Crippen LogP contribution is 1.95. The molecule has 1 fully saturated rings. The molecule has 0 aromatic heterocycles.